The lowest BCUT2D eigenvalue weighted by Crippen LogP contribution is -2.55. The van der Waals surface area contributed by atoms with Gasteiger partial charge in [-0.15, -0.1) is 0 Å². The van der Waals surface area contributed by atoms with Gasteiger partial charge >= 0.3 is 18.4 Å². The number of alkyl halides is 6. The molecule has 3 N–H and O–H groups in total. The minimum Gasteiger partial charge on any atom is -0.345 e. The van der Waals surface area contributed by atoms with Crippen LogP contribution in [-0.4, -0.2) is 53.4 Å². The third-order valence-electron chi connectivity index (χ3n) is 4.03. The van der Waals surface area contributed by atoms with Gasteiger partial charge in [-0.3, -0.25) is 14.5 Å². The van der Waals surface area contributed by atoms with Crippen LogP contribution in [0.25, 0.3) is 11.0 Å². The maximum atomic E-state index is 12.6. The van der Waals surface area contributed by atoms with E-state index in [1.807, 2.05) is 0 Å². The van der Waals surface area contributed by atoms with Crippen LogP contribution in [0.4, 0.5) is 37.0 Å². The number of hydrogen-bond donors (Lipinski definition) is 3. The van der Waals surface area contributed by atoms with Crippen LogP contribution in [0, 0.1) is 0 Å². The molecule has 8 nitrogen and oxygen atoms in total. The number of pyridine rings is 2. The Morgan fingerprint density at radius 2 is 1.79 bits per heavy atom. The Morgan fingerprint density at radius 1 is 1.14 bits per heavy atom. The molecular formula is C15H11F6N5O3. The van der Waals surface area contributed by atoms with Crippen molar-refractivity contribution in [2.24, 2.45) is 0 Å². The summed E-state index contributed by atoms with van der Waals surface area (Å²) >= 11 is 0. The van der Waals surface area contributed by atoms with E-state index in [0.717, 1.165) is 11.4 Å². The summed E-state index contributed by atoms with van der Waals surface area (Å²) < 4.78 is 75.6. The lowest BCUT2D eigenvalue weighted by molar-refractivity contribution is -0.255. The summed E-state index contributed by atoms with van der Waals surface area (Å²) in [5, 5.41) is 3.07. The van der Waals surface area contributed by atoms with Gasteiger partial charge in [0.05, 0.1) is 5.39 Å². The van der Waals surface area contributed by atoms with Crippen molar-refractivity contribution in [1.29, 1.82) is 0 Å². The molecule has 3 rings (SSSR count). The number of fused-ring (bicyclic) bond motifs is 1. The number of anilines is 1. The molecule has 3 amide bonds. The molecule has 0 saturated carbocycles. The van der Waals surface area contributed by atoms with Crippen LogP contribution in [0.1, 0.15) is 10.4 Å². The van der Waals surface area contributed by atoms with Gasteiger partial charge in [0.2, 0.25) is 11.5 Å². The van der Waals surface area contributed by atoms with Crippen molar-refractivity contribution in [1.82, 2.24) is 20.6 Å². The Hall–Kier alpha value is -3.32. The van der Waals surface area contributed by atoms with Crippen LogP contribution >= 0.6 is 0 Å². The summed E-state index contributed by atoms with van der Waals surface area (Å²) in [5.74, 6) is -1.69. The maximum absolute atomic E-state index is 12.6. The van der Waals surface area contributed by atoms with Crippen LogP contribution in [0.3, 0.4) is 0 Å². The first-order chi connectivity index (χ1) is 13.4. The second-order valence-corrected chi connectivity index (χ2v) is 5.97. The molecule has 14 heteroatoms. The highest BCUT2D eigenvalue weighted by Gasteiger charge is 2.57. The van der Waals surface area contributed by atoms with E-state index in [1.54, 1.807) is 0 Å². The van der Waals surface area contributed by atoms with E-state index in [9.17, 15) is 40.7 Å². The standard InChI is InChI=1S/C15H11F6N5O3/c16-14(17,18)12(15(19,20)21)25-11(28)7-5-23-10-6(9(7)27)1-2-8(24-10)26-4-3-22-13(26)29/h1-2,5,12H,3-4H2,(H,22,29)(H,25,28)(H,23,24,27). The van der Waals surface area contributed by atoms with Gasteiger partial charge in [-0.05, 0) is 12.1 Å². The monoisotopic (exact) mass is 423 g/mol. The highest BCUT2D eigenvalue weighted by Crippen LogP contribution is 2.33. The van der Waals surface area contributed by atoms with Crippen LogP contribution in [-0.2, 0) is 0 Å². The third kappa shape index (κ3) is 3.95. The van der Waals surface area contributed by atoms with Gasteiger partial charge in [-0.2, -0.15) is 26.3 Å². The molecule has 0 aliphatic carbocycles. The summed E-state index contributed by atoms with van der Waals surface area (Å²) in [6.45, 7) is 0.673. The number of H-pyrrole nitrogens is 1. The number of carbonyl (C=O) groups is 2. The van der Waals surface area contributed by atoms with Crippen LogP contribution in [0.15, 0.2) is 23.1 Å². The average molecular weight is 423 g/mol. The molecular weight excluding hydrogens is 412 g/mol. The topological polar surface area (TPSA) is 107 Å². The number of nitrogens with zero attached hydrogens (tertiary/aromatic N) is 2. The molecule has 1 aliphatic rings. The number of aromatic nitrogens is 2. The molecule has 2 aromatic rings. The second kappa shape index (κ2) is 6.93. The van der Waals surface area contributed by atoms with Gasteiger partial charge in [0.25, 0.3) is 5.91 Å². The van der Waals surface area contributed by atoms with E-state index in [-0.39, 0.29) is 16.9 Å². The Bertz CT molecular complexity index is 1020. The molecule has 2 aromatic heterocycles. The van der Waals surface area contributed by atoms with Gasteiger partial charge in [-0.1, -0.05) is 0 Å². The molecule has 3 heterocycles. The van der Waals surface area contributed by atoms with Crippen molar-refractivity contribution >= 4 is 28.8 Å². The second-order valence-electron chi connectivity index (χ2n) is 5.97. The van der Waals surface area contributed by atoms with Gasteiger partial charge in [0.1, 0.15) is 17.0 Å². The minimum atomic E-state index is -5.80. The van der Waals surface area contributed by atoms with Gasteiger partial charge in [-0.25, -0.2) is 9.78 Å². The zero-order valence-corrected chi connectivity index (χ0v) is 14.1. The number of hydrogen-bond acceptors (Lipinski definition) is 4. The Labute approximate surface area is 156 Å². The highest BCUT2D eigenvalue weighted by atomic mass is 19.4. The minimum absolute atomic E-state index is 0.105. The largest absolute Gasteiger partial charge is 0.417 e. The van der Waals surface area contributed by atoms with Crippen molar-refractivity contribution < 1.29 is 35.9 Å². The van der Waals surface area contributed by atoms with E-state index in [4.69, 9.17) is 0 Å². The predicted octanol–water partition coefficient (Wildman–Crippen LogP) is 1.68. The first kappa shape index (κ1) is 20.4. The quantitative estimate of drug-likeness (QED) is 0.653. The highest BCUT2D eigenvalue weighted by molar-refractivity contribution is 5.98. The molecule has 0 spiro atoms. The zero-order chi connectivity index (χ0) is 21.6. The van der Waals surface area contributed by atoms with E-state index in [2.05, 4.69) is 15.3 Å². The number of urea groups is 1. The summed E-state index contributed by atoms with van der Waals surface area (Å²) in [5.41, 5.74) is -2.18. The van der Waals surface area contributed by atoms with Crippen molar-refractivity contribution in [3.8, 4) is 0 Å². The molecule has 0 atom stereocenters. The number of amides is 3. The van der Waals surface area contributed by atoms with Gasteiger partial charge < -0.3 is 15.6 Å². The lowest BCUT2D eigenvalue weighted by atomic mass is 10.1. The fourth-order valence-electron chi connectivity index (χ4n) is 2.66. The van der Waals surface area contributed by atoms with Crippen molar-refractivity contribution in [2.75, 3.05) is 18.0 Å². The Kier molecular flexibility index (Phi) is 4.88. The molecule has 0 bridgehead atoms. The summed E-state index contributed by atoms with van der Waals surface area (Å²) in [6.07, 6.45) is -10.9. The fourth-order valence-corrected chi connectivity index (χ4v) is 2.66. The van der Waals surface area contributed by atoms with Crippen molar-refractivity contribution in [3.05, 3.63) is 34.1 Å². The van der Waals surface area contributed by atoms with E-state index < -0.39 is 41.3 Å². The van der Waals surface area contributed by atoms with Gasteiger partial charge in [0.15, 0.2) is 0 Å². The van der Waals surface area contributed by atoms with E-state index >= 15 is 0 Å². The Balaban J connectivity index is 1.94. The first-order valence-corrected chi connectivity index (χ1v) is 7.91. The average Bonchev–Trinajstić information content (AvgIpc) is 3.03. The van der Waals surface area contributed by atoms with Crippen LogP contribution in [0.2, 0.25) is 0 Å². The van der Waals surface area contributed by atoms with Gasteiger partial charge in [0, 0.05) is 19.3 Å². The first-order valence-electron chi connectivity index (χ1n) is 7.91. The number of halogens is 6. The molecule has 0 unspecified atom stereocenters. The molecule has 29 heavy (non-hydrogen) atoms. The van der Waals surface area contributed by atoms with Crippen LogP contribution < -0.4 is 21.0 Å². The van der Waals surface area contributed by atoms with Crippen LogP contribution in [0.5, 0.6) is 0 Å². The third-order valence-corrected chi connectivity index (χ3v) is 4.03. The van der Waals surface area contributed by atoms with Crippen molar-refractivity contribution in [2.45, 2.75) is 18.4 Å². The molecule has 1 fully saturated rings. The molecule has 1 aliphatic heterocycles. The number of rotatable bonds is 3. The predicted molar refractivity (Wildman–Crippen MR) is 86.5 cm³/mol. The van der Waals surface area contributed by atoms with Crippen molar-refractivity contribution in [3.63, 3.8) is 0 Å². The molecule has 1 saturated heterocycles. The summed E-state index contributed by atoms with van der Waals surface area (Å²) in [6, 6.07) is -2.14. The fraction of sp³-hybridized carbons (Fsp3) is 0.333. The lowest BCUT2D eigenvalue weighted by Gasteiger charge is -2.23. The van der Waals surface area contributed by atoms with E-state index in [1.165, 1.54) is 11.0 Å². The smallest absolute Gasteiger partial charge is 0.345 e. The normalized spacial score (nSPS) is 15.1. The maximum Gasteiger partial charge on any atom is 0.417 e. The molecule has 0 radical (unpaired) electrons. The SMILES string of the molecule is O=C(NC(C(F)(F)F)C(F)(F)F)c1c[nH]c2nc(N3CCNC3=O)ccc2c1=O. The molecule has 156 valence electrons. The number of nitrogens with one attached hydrogen (secondary N) is 3. The number of carbonyl (C=O) groups excluding carboxylic acids is 2. The summed E-state index contributed by atoms with van der Waals surface area (Å²) in [4.78, 5) is 43.6. The number of aromatic amines is 1. The molecule has 0 aromatic carbocycles. The van der Waals surface area contributed by atoms with E-state index in [0.29, 0.717) is 19.3 Å². The zero-order valence-electron chi connectivity index (χ0n) is 14.1. The Morgan fingerprint density at radius 3 is 2.34 bits per heavy atom. The summed E-state index contributed by atoms with van der Waals surface area (Å²) in [7, 11) is 0.